The minimum Gasteiger partial charge on any atom is -0.339 e. The Morgan fingerprint density at radius 1 is 1.04 bits per heavy atom. The summed E-state index contributed by atoms with van der Waals surface area (Å²) < 4.78 is 1.32. The van der Waals surface area contributed by atoms with E-state index in [0.717, 1.165) is 25.9 Å². The van der Waals surface area contributed by atoms with Gasteiger partial charge in [-0.25, -0.2) is 0 Å². The smallest absolute Gasteiger partial charge is 0.274 e. The van der Waals surface area contributed by atoms with E-state index in [1.54, 1.807) is 36.2 Å². The molecule has 2 heterocycles. The first-order valence-electron chi connectivity index (χ1n) is 7.92. The number of likely N-dealkylation sites (tertiary alicyclic amines) is 1. The van der Waals surface area contributed by atoms with Crippen LogP contribution in [0.5, 0.6) is 0 Å². The topological polar surface area (TPSA) is 71.4 Å². The molecule has 0 spiro atoms. The first kappa shape index (κ1) is 16.0. The molecule has 0 saturated carbocycles. The van der Waals surface area contributed by atoms with E-state index in [2.05, 4.69) is 5.32 Å². The van der Waals surface area contributed by atoms with Crippen LogP contribution in [0, 0.1) is 0 Å². The highest BCUT2D eigenvalue weighted by molar-refractivity contribution is 6.05. The van der Waals surface area contributed by atoms with Gasteiger partial charge < -0.3 is 14.8 Å². The molecule has 0 aliphatic carbocycles. The predicted octanol–water partition coefficient (Wildman–Crippen LogP) is 1.87. The fraction of sp³-hybridized carbons (Fsp3) is 0.278. The summed E-state index contributed by atoms with van der Waals surface area (Å²) in [6.07, 6.45) is 3.51. The quantitative estimate of drug-likeness (QED) is 0.936. The van der Waals surface area contributed by atoms with Crippen LogP contribution >= 0.6 is 0 Å². The molecule has 1 aromatic carbocycles. The van der Waals surface area contributed by atoms with E-state index in [9.17, 15) is 14.4 Å². The van der Waals surface area contributed by atoms with Crippen LogP contribution in [0.15, 0.2) is 47.4 Å². The maximum atomic E-state index is 12.5. The van der Waals surface area contributed by atoms with Crippen molar-refractivity contribution in [1.29, 1.82) is 0 Å². The van der Waals surface area contributed by atoms with E-state index in [1.807, 2.05) is 6.07 Å². The third-order valence-electron chi connectivity index (χ3n) is 4.11. The van der Waals surface area contributed by atoms with E-state index in [1.165, 1.54) is 16.8 Å². The number of carbonyl (C=O) groups is 2. The molecule has 0 radical (unpaired) electrons. The number of aromatic nitrogens is 1. The van der Waals surface area contributed by atoms with Gasteiger partial charge >= 0.3 is 0 Å². The standard InChI is InChI=1S/C18H19N3O3/c1-20-12-14(17(23)21-9-5-6-10-21)11-15(18(20)24)19-16(22)13-7-3-2-4-8-13/h2-4,7-8,11-12H,5-6,9-10H2,1H3,(H,19,22). The summed E-state index contributed by atoms with van der Waals surface area (Å²) >= 11 is 0. The molecule has 1 aliphatic rings. The molecule has 0 bridgehead atoms. The van der Waals surface area contributed by atoms with Crippen LogP contribution in [-0.2, 0) is 7.05 Å². The number of anilines is 1. The molecule has 24 heavy (non-hydrogen) atoms. The first-order valence-corrected chi connectivity index (χ1v) is 7.92. The van der Waals surface area contributed by atoms with Crippen molar-refractivity contribution in [1.82, 2.24) is 9.47 Å². The fourth-order valence-corrected chi connectivity index (χ4v) is 2.81. The van der Waals surface area contributed by atoms with Gasteiger partial charge in [0.25, 0.3) is 17.4 Å². The molecule has 3 rings (SSSR count). The predicted molar refractivity (Wildman–Crippen MR) is 91.2 cm³/mol. The molecule has 0 atom stereocenters. The van der Waals surface area contributed by atoms with Crippen molar-refractivity contribution in [3.05, 3.63) is 64.1 Å². The summed E-state index contributed by atoms with van der Waals surface area (Å²) in [5.74, 6) is -0.489. The van der Waals surface area contributed by atoms with E-state index >= 15 is 0 Å². The van der Waals surface area contributed by atoms with Gasteiger partial charge in [-0.3, -0.25) is 14.4 Å². The number of amides is 2. The summed E-state index contributed by atoms with van der Waals surface area (Å²) in [4.78, 5) is 38.8. The summed E-state index contributed by atoms with van der Waals surface area (Å²) in [6.45, 7) is 1.46. The molecular formula is C18H19N3O3. The van der Waals surface area contributed by atoms with Gasteiger partial charge in [-0.1, -0.05) is 18.2 Å². The molecule has 2 aromatic rings. The Labute approximate surface area is 139 Å². The lowest BCUT2D eigenvalue weighted by atomic mass is 10.2. The van der Waals surface area contributed by atoms with Crippen molar-refractivity contribution in [2.45, 2.75) is 12.8 Å². The van der Waals surface area contributed by atoms with Gasteiger partial charge in [-0.2, -0.15) is 0 Å². The summed E-state index contributed by atoms with van der Waals surface area (Å²) in [7, 11) is 1.57. The van der Waals surface area contributed by atoms with Crippen molar-refractivity contribution in [3.8, 4) is 0 Å². The Morgan fingerprint density at radius 3 is 2.38 bits per heavy atom. The van der Waals surface area contributed by atoms with Gasteiger partial charge in [-0.05, 0) is 31.0 Å². The number of benzene rings is 1. The summed E-state index contributed by atoms with van der Waals surface area (Å²) in [5.41, 5.74) is 0.617. The number of hydrogen-bond donors (Lipinski definition) is 1. The van der Waals surface area contributed by atoms with Crippen LogP contribution in [0.4, 0.5) is 5.69 Å². The average molecular weight is 325 g/mol. The molecular weight excluding hydrogens is 306 g/mol. The van der Waals surface area contributed by atoms with Crippen LogP contribution in [0.1, 0.15) is 33.6 Å². The van der Waals surface area contributed by atoms with Crippen molar-refractivity contribution in [3.63, 3.8) is 0 Å². The third-order valence-corrected chi connectivity index (χ3v) is 4.11. The lowest BCUT2D eigenvalue weighted by Gasteiger charge is -2.16. The number of nitrogens with one attached hydrogen (secondary N) is 1. The monoisotopic (exact) mass is 325 g/mol. The second-order valence-corrected chi connectivity index (χ2v) is 5.88. The van der Waals surface area contributed by atoms with Gasteiger partial charge in [0.05, 0.1) is 5.56 Å². The molecule has 1 saturated heterocycles. The minimum absolute atomic E-state index is 0.108. The van der Waals surface area contributed by atoms with Crippen molar-refractivity contribution in [2.75, 3.05) is 18.4 Å². The van der Waals surface area contributed by atoms with Gasteiger partial charge in [0.1, 0.15) is 5.69 Å². The number of aryl methyl sites for hydroxylation is 1. The maximum Gasteiger partial charge on any atom is 0.274 e. The second kappa shape index (κ2) is 6.70. The summed E-state index contributed by atoms with van der Waals surface area (Å²) in [6, 6.07) is 10.1. The van der Waals surface area contributed by atoms with Crippen LogP contribution in [0.25, 0.3) is 0 Å². The SMILES string of the molecule is Cn1cc(C(=O)N2CCCC2)cc(NC(=O)c2ccccc2)c1=O. The van der Waals surface area contributed by atoms with E-state index in [0.29, 0.717) is 11.1 Å². The van der Waals surface area contributed by atoms with Gasteiger partial charge in [0.2, 0.25) is 0 Å². The molecule has 2 amide bonds. The number of pyridine rings is 1. The Bertz CT molecular complexity index is 821. The molecule has 6 nitrogen and oxygen atoms in total. The highest BCUT2D eigenvalue weighted by Crippen LogP contribution is 2.14. The Balaban J connectivity index is 1.89. The van der Waals surface area contributed by atoms with Crippen LogP contribution in [0.2, 0.25) is 0 Å². The molecule has 6 heteroatoms. The largest absolute Gasteiger partial charge is 0.339 e. The van der Waals surface area contributed by atoms with E-state index in [4.69, 9.17) is 0 Å². The van der Waals surface area contributed by atoms with Crippen molar-refractivity contribution >= 4 is 17.5 Å². The maximum absolute atomic E-state index is 12.5. The van der Waals surface area contributed by atoms with Crippen molar-refractivity contribution < 1.29 is 9.59 Å². The van der Waals surface area contributed by atoms with E-state index in [-0.39, 0.29) is 23.1 Å². The number of hydrogen-bond acceptors (Lipinski definition) is 3. The van der Waals surface area contributed by atoms with Gasteiger partial charge in [0.15, 0.2) is 0 Å². The normalized spacial score (nSPS) is 13.8. The molecule has 1 aliphatic heterocycles. The summed E-state index contributed by atoms with van der Waals surface area (Å²) in [5, 5.41) is 2.61. The third kappa shape index (κ3) is 3.22. The van der Waals surface area contributed by atoms with Crippen LogP contribution < -0.4 is 10.9 Å². The molecule has 1 fully saturated rings. The Hall–Kier alpha value is -2.89. The highest BCUT2D eigenvalue weighted by atomic mass is 16.2. The zero-order valence-corrected chi connectivity index (χ0v) is 13.5. The zero-order chi connectivity index (χ0) is 17.1. The second-order valence-electron chi connectivity index (χ2n) is 5.88. The lowest BCUT2D eigenvalue weighted by Crippen LogP contribution is -2.30. The highest BCUT2D eigenvalue weighted by Gasteiger charge is 2.21. The average Bonchev–Trinajstić information content (AvgIpc) is 3.13. The molecule has 124 valence electrons. The number of nitrogens with zero attached hydrogens (tertiary/aromatic N) is 2. The molecule has 1 N–H and O–H groups in total. The number of carbonyl (C=O) groups excluding carboxylic acids is 2. The zero-order valence-electron chi connectivity index (χ0n) is 13.5. The van der Waals surface area contributed by atoms with E-state index < -0.39 is 0 Å². The van der Waals surface area contributed by atoms with Crippen molar-refractivity contribution in [2.24, 2.45) is 7.05 Å². The van der Waals surface area contributed by atoms with Crippen LogP contribution in [-0.4, -0.2) is 34.4 Å². The lowest BCUT2D eigenvalue weighted by molar-refractivity contribution is 0.0791. The fourth-order valence-electron chi connectivity index (χ4n) is 2.81. The van der Waals surface area contributed by atoms with Gasteiger partial charge in [0, 0.05) is 31.9 Å². The minimum atomic E-state index is -0.376. The number of rotatable bonds is 3. The Kier molecular flexibility index (Phi) is 4.46. The first-order chi connectivity index (χ1) is 11.6. The van der Waals surface area contributed by atoms with Crippen LogP contribution in [0.3, 0.4) is 0 Å². The molecule has 0 unspecified atom stereocenters. The van der Waals surface area contributed by atoms with Gasteiger partial charge in [-0.15, -0.1) is 0 Å². The Morgan fingerprint density at radius 2 is 1.71 bits per heavy atom. The molecule has 1 aromatic heterocycles.